The summed E-state index contributed by atoms with van der Waals surface area (Å²) in [5.41, 5.74) is 12.9. The van der Waals surface area contributed by atoms with Crippen LogP contribution in [0.15, 0.2) is 85.2 Å². The number of phenols is 1. The van der Waals surface area contributed by atoms with Crippen LogP contribution in [0.4, 0.5) is 0 Å². The molecule has 0 unspecified atom stereocenters. The summed E-state index contributed by atoms with van der Waals surface area (Å²) in [6.07, 6.45) is 5.91. The van der Waals surface area contributed by atoms with E-state index in [1.165, 1.54) is 27.9 Å². The zero-order valence-corrected chi connectivity index (χ0v) is 30.5. The third-order valence-electron chi connectivity index (χ3n) is 9.45. The van der Waals surface area contributed by atoms with Gasteiger partial charge in [-0.05, 0) is 70.2 Å². The second-order valence-corrected chi connectivity index (χ2v) is 14.3. The number of pyridine rings is 1. The summed E-state index contributed by atoms with van der Waals surface area (Å²) in [5.74, 6) is 1.77. The van der Waals surface area contributed by atoms with Crippen LogP contribution in [0.5, 0.6) is 5.75 Å². The third-order valence-corrected chi connectivity index (χ3v) is 9.45. The molecule has 242 valence electrons. The molecule has 7 rings (SSSR count). The average molecular weight is 800 g/mol. The van der Waals surface area contributed by atoms with Gasteiger partial charge in [-0.2, -0.15) is 0 Å². The van der Waals surface area contributed by atoms with Gasteiger partial charge in [-0.3, -0.25) is 9.97 Å². The first-order valence-electron chi connectivity index (χ1n) is 16.5. The van der Waals surface area contributed by atoms with Crippen molar-refractivity contribution in [1.29, 1.82) is 0 Å². The average Bonchev–Trinajstić information content (AvgIpc) is 3.48. The van der Waals surface area contributed by atoms with E-state index in [1.807, 2.05) is 18.3 Å². The molecule has 0 fully saturated rings. The van der Waals surface area contributed by atoms with Gasteiger partial charge in [0.1, 0.15) is 0 Å². The van der Waals surface area contributed by atoms with Crippen molar-refractivity contribution in [2.45, 2.75) is 78.6 Å². The molecule has 1 aliphatic carbocycles. The topological polar surface area (TPSA) is 50.9 Å². The van der Waals surface area contributed by atoms with Crippen LogP contribution in [0.3, 0.4) is 0 Å². The van der Waals surface area contributed by atoms with E-state index in [1.54, 1.807) is 6.07 Å². The van der Waals surface area contributed by atoms with Gasteiger partial charge in [-0.25, -0.2) is 0 Å². The monoisotopic (exact) mass is 799 g/mol. The van der Waals surface area contributed by atoms with Crippen molar-refractivity contribution in [1.82, 2.24) is 14.5 Å². The summed E-state index contributed by atoms with van der Waals surface area (Å²) in [6, 6.07) is 29.3. The molecule has 4 aromatic carbocycles. The van der Waals surface area contributed by atoms with E-state index in [0.717, 1.165) is 63.1 Å². The molecule has 0 saturated heterocycles. The molecule has 2 aromatic heterocycles. The van der Waals surface area contributed by atoms with E-state index in [0.29, 0.717) is 17.6 Å². The minimum absolute atomic E-state index is 0. The summed E-state index contributed by atoms with van der Waals surface area (Å²) >= 11 is 0. The first-order valence-corrected chi connectivity index (χ1v) is 16.5. The predicted octanol–water partition coefficient (Wildman–Crippen LogP) is 10.6. The summed E-state index contributed by atoms with van der Waals surface area (Å²) in [5, 5.41) is 12.1. The molecule has 5 heteroatoms. The molecule has 0 amide bonds. The Labute approximate surface area is 293 Å². The summed E-state index contributed by atoms with van der Waals surface area (Å²) < 4.78 is 2.30. The van der Waals surface area contributed by atoms with Crippen LogP contribution >= 0.6 is 0 Å². The van der Waals surface area contributed by atoms with Crippen LogP contribution in [-0.2, 0) is 39.3 Å². The SMILES string of the molecule is CC(C)c1cccc(C(C)C)c1-n1cc(-c2cc(C(C)(C)C)cc3cccnc23)nc1-c1[c-]c2c(cc1)CCc1cccc(O)c1-2.[Pt]. The van der Waals surface area contributed by atoms with Crippen LogP contribution in [0.1, 0.15) is 88.1 Å². The normalized spacial score (nSPS) is 12.7. The number of aryl methyl sites for hydroxylation is 2. The van der Waals surface area contributed by atoms with Crippen LogP contribution in [0.25, 0.3) is 50.4 Å². The quantitative estimate of drug-likeness (QED) is 0.177. The number of nitrogens with zero attached hydrogens (tertiary/aromatic N) is 3. The number of para-hydroxylation sites is 1. The number of fused-ring (bicyclic) bond motifs is 4. The molecule has 4 nitrogen and oxygen atoms in total. The second kappa shape index (κ2) is 12.5. The van der Waals surface area contributed by atoms with Gasteiger partial charge >= 0.3 is 0 Å². The Morgan fingerprint density at radius 1 is 0.830 bits per heavy atom. The molecule has 6 aromatic rings. The maximum absolute atomic E-state index is 11.0. The minimum atomic E-state index is -0.0408. The fourth-order valence-electron chi connectivity index (χ4n) is 6.92. The van der Waals surface area contributed by atoms with E-state index >= 15 is 0 Å². The third kappa shape index (κ3) is 5.87. The fraction of sp³-hybridized carbons (Fsp3) is 0.286. The number of phenolic OH excluding ortho intramolecular Hbond substituents is 1. The van der Waals surface area contributed by atoms with Gasteiger partial charge in [0, 0.05) is 50.1 Å². The molecule has 0 atom stereocenters. The van der Waals surface area contributed by atoms with E-state index < -0.39 is 0 Å². The van der Waals surface area contributed by atoms with Crippen LogP contribution in [0, 0.1) is 6.07 Å². The van der Waals surface area contributed by atoms with Gasteiger partial charge in [0.05, 0.1) is 22.8 Å². The molecule has 0 saturated carbocycles. The Balaban J connectivity index is 0.00000386. The van der Waals surface area contributed by atoms with Gasteiger partial charge in [-0.1, -0.05) is 102 Å². The number of hydrogen-bond acceptors (Lipinski definition) is 3. The maximum Gasteiger partial charge on any atom is 0.0904 e. The van der Waals surface area contributed by atoms with Crippen LogP contribution in [-0.4, -0.2) is 19.6 Å². The first kappa shape index (κ1) is 32.9. The summed E-state index contributed by atoms with van der Waals surface area (Å²) in [4.78, 5) is 10.3. The Kier molecular flexibility index (Phi) is 8.78. The van der Waals surface area contributed by atoms with Crippen molar-refractivity contribution in [2.24, 2.45) is 0 Å². The van der Waals surface area contributed by atoms with Crippen LogP contribution < -0.4 is 0 Å². The van der Waals surface area contributed by atoms with Crippen molar-refractivity contribution >= 4 is 10.9 Å². The van der Waals surface area contributed by atoms with Gasteiger partial charge in [0.25, 0.3) is 0 Å². The number of imidazole rings is 1. The molecule has 0 aliphatic heterocycles. The van der Waals surface area contributed by atoms with E-state index in [4.69, 9.17) is 9.97 Å². The number of hydrogen-bond donors (Lipinski definition) is 1. The van der Waals surface area contributed by atoms with Crippen molar-refractivity contribution in [2.75, 3.05) is 0 Å². The Bertz CT molecular complexity index is 2090. The molecule has 2 heterocycles. The Hall–Kier alpha value is -4.01. The Morgan fingerprint density at radius 2 is 1.53 bits per heavy atom. The molecule has 0 bridgehead atoms. The number of aromatic nitrogens is 3. The second-order valence-electron chi connectivity index (χ2n) is 14.3. The summed E-state index contributed by atoms with van der Waals surface area (Å²) in [7, 11) is 0. The standard InChI is InChI=1S/C42H42N3O.Pt/c1-25(2)32-13-9-14-33(26(3)4)40(32)45-24-36(35-23-31(42(5,6)7)21-29-12-10-20-43-39(29)35)44-41(45)30-19-17-27-16-18-28-11-8-15-37(46)38(28)34(27)22-30;/h8-15,17,19-21,23-26,46H,16,18H2,1-7H3;/q-1;. The zero-order valence-electron chi connectivity index (χ0n) is 28.3. The van der Waals surface area contributed by atoms with Crippen molar-refractivity contribution in [3.63, 3.8) is 0 Å². The molecule has 0 radical (unpaired) electrons. The Morgan fingerprint density at radius 3 is 2.23 bits per heavy atom. The number of aromatic hydroxyl groups is 1. The maximum atomic E-state index is 11.0. The zero-order chi connectivity index (χ0) is 32.3. The molecule has 1 aliphatic rings. The molecule has 1 N–H and O–H groups in total. The van der Waals surface area contributed by atoms with Crippen molar-refractivity contribution in [3.8, 4) is 45.2 Å². The van der Waals surface area contributed by atoms with Crippen molar-refractivity contribution in [3.05, 3.63) is 119 Å². The smallest absolute Gasteiger partial charge is 0.0904 e. The molecule has 47 heavy (non-hydrogen) atoms. The van der Waals surface area contributed by atoms with Crippen LogP contribution in [0.2, 0.25) is 0 Å². The van der Waals surface area contributed by atoms with E-state index in [9.17, 15) is 5.11 Å². The predicted molar refractivity (Wildman–Crippen MR) is 190 cm³/mol. The first-order chi connectivity index (χ1) is 22.0. The summed E-state index contributed by atoms with van der Waals surface area (Å²) in [6.45, 7) is 15.8. The van der Waals surface area contributed by atoms with Crippen molar-refractivity contribution < 1.29 is 26.2 Å². The van der Waals surface area contributed by atoms with Gasteiger partial charge in [0.2, 0.25) is 0 Å². The molecular formula is C42H42N3OPt-. The minimum Gasteiger partial charge on any atom is -0.515 e. The molecule has 0 spiro atoms. The van der Waals surface area contributed by atoms with E-state index in [2.05, 4.69) is 120 Å². The van der Waals surface area contributed by atoms with E-state index in [-0.39, 0.29) is 26.5 Å². The number of rotatable bonds is 5. The van der Waals surface area contributed by atoms with Gasteiger partial charge < -0.3 is 9.67 Å². The van der Waals surface area contributed by atoms with Gasteiger partial charge in [0.15, 0.2) is 0 Å². The molecular weight excluding hydrogens is 758 g/mol. The van der Waals surface area contributed by atoms with Gasteiger partial charge in [-0.15, -0.1) is 29.3 Å². The largest absolute Gasteiger partial charge is 0.515 e. The fourth-order valence-corrected chi connectivity index (χ4v) is 6.92. The number of benzene rings is 4.